The maximum atomic E-state index is 12.6. The van der Waals surface area contributed by atoms with Crippen molar-refractivity contribution in [2.45, 2.75) is 24.5 Å². The molecular formula is C19H16O2S3. The highest BCUT2D eigenvalue weighted by Crippen LogP contribution is 2.30. The normalized spacial score (nSPS) is 11.4. The van der Waals surface area contributed by atoms with Crippen molar-refractivity contribution in [1.82, 2.24) is 0 Å². The lowest BCUT2D eigenvalue weighted by atomic mass is 10.4. The third kappa shape index (κ3) is 3.86. The molecule has 0 radical (unpaired) electrons. The van der Waals surface area contributed by atoms with Gasteiger partial charge in [-0.15, -0.1) is 11.8 Å². The highest BCUT2D eigenvalue weighted by molar-refractivity contribution is 7.99. The largest absolute Gasteiger partial charge is 0.219 e. The van der Waals surface area contributed by atoms with E-state index in [1.165, 1.54) is 4.90 Å². The topological polar surface area (TPSA) is 34.1 Å². The van der Waals surface area contributed by atoms with E-state index in [0.29, 0.717) is 9.79 Å². The number of benzene rings is 3. The fourth-order valence-electron chi connectivity index (χ4n) is 2.20. The molecule has 0 aliphatic heterocycles. The zero-order chi connectivity index (χ0) is 17.0. The molecule has 122 valence electrons. The lowest BCUT2D eigenvalue weighted by molar-refractivity contribution is 0.596. The molecule has 3 aromatic carbocycles. The Labute approximate surface area is 151 Å². The minimum Gasteiger partial charge on any atom is -0.219 e. The van der Waals surface area contributed by atoms with Crippen LogP contribution in [-0.2, 0) is 9.84 Å². The maximum absolute atomic E-state index is 12.6. The minimum atomic E-state index is -3.45. The fourth-order valence-corrected chi connectivity index (χ4v) is 4.71. The Morgan fingerprint density at radius 3 is 1.62 bits per heavy atom. The van der Waals surface area contributed by atoms with Crippen molar-refractivity contribution in [3.63, 3.8) is 0 Å². The first-order valence-electron chi connectivity index (χ1n) is 7.32. The van der Waals surface area contributed by atoms with E-state index in [-0.39, 0.29) is 0 Å². The predicted molar refractivity (Wildman–Crippen MR) is 101 cm³/mol. The summed E-state index contributed by atoms with van der Waals surface area (Å²) in [7, 11) is -3.45. The quantitative estimate of drug-likeness (QED) is 0.562. The van der Waals surface area contributed by atoms with E-state index in [1.807, 2.05) is 18.4 Å². The van der Waals surface area contributed by atoms with Gasteiger partial charge in [0.05, 0.1) is 9.79 Å². The molecule has 2 nitrogen and oxygen atoms in total. The van der Waals surface area contributed by atoms with Crippen molar-refractivity contribution >= 4 is 33.4 Å². The summed E-state index contributed by atoms with van der Waals surface area (Å²) in [6.45, 7) is 0. The fraction of sp³-hybridized carbons (Fsp3) is 0.0526. The molecule has 3 aromatic rings. The van der Waals surface area contributed by atoms with E-state index in [1.54, 1.807) is 66.0 Å². The van der Waals surface area contributed by atoms with E-state index < -0.39 is 9.84 Å². The van der Waals surface area contributed by atoms with Crippen LogP contribution in [0.2, 0.25) is 0 Å². The molecule has 0 aromatic heterocycles. The molecule has 24 heavy (non-hydrogen) atoms. The summed E-state index contributed by atoms with van der Waals surface area (Å²) in [6, 6.07) is 23.9. The van der Waals surface area contributed by atoms with Gasteiger partial charge in [-0.2, -0.15) is 0 Å². The molecule has 5 heteroatoms. The molecule has 0 unspecified atom stereocenters. The maximum Gasteiger partial charge on any atom is 0.206 e. The monoisotopic (exact) mass is 372 g/mol. The second kappa shape index (κ2) is 7.47. The first kappa shape index (κ1) is 17.1. The van der Waals surface area contributed by atoms with E-state index in [2.05, 4.69) is 24.3 Å². The van der Waals surface area contributed by atoms with Crippen LogP contribution in [0.25, 0.3) is 0 Å². The number of sulfone groups is 1. The highest BCUT2D eigenvalue weighted by atomic mass is 32.2. The predicted octanol–water partition coefficient (Wildman–Crippen LogP) is 5.39. The van der Waals surface area contributed by atoms with Crippen LogP contribution in [0.5, 0.6) is 0 Å². The summed E-state index contributed by atoms with van der Waals surface area (Å²) in [5.74, 6) is 0. The van der Waals surface area contributed by atoms with Gasteiger partial charge in [-0.3, -0.25) is 0 Å². The van der Waals surface area contributed by atoms with Crippen LogP contribution in [0.1, 0.15) is 0 Å². The van der Waals surface area contributed by atoms with Crippen LogP contribution < -0.4 is 0 Å². The first-order valence-corrected chi connectivity index (χ1v) is 10.8. The minimum absolute atomic E-state index is 0.316. The van der Waals surface area contributed by atoms with E-state index in [0.717, 1.165) is 9.79 Å². The van der Waals surface area contributed by atoms with Gasteiger partial charge in [-0.05, 0) is 66.9 Å². The van der Waals surface area contributed by atoms with Gasteiger partial charge in [0.25, 0.3) is 0 Å². The molecule has 0 heterocycles. The van der Waals surface area contributed by atoms with E-state index in [9.17, 15) is 8.42 Å². The first-order chi connectivity index (χ1) is 11.6. The van der Waals surface area contributed by atoms with Gasteiger partial charge in [0.2, 0.25) is 9.84 Å². The molecule has 0 aliphatic carbocycles. The van der Waals surface area contributed by atoms with E-state index >= 15 is 0 Å². The van der Waals surface area contributed by atoms with Gasteiger partial charge in [-0.1, -0.05) is 30.0 Å². The average molecular weight is 373 g/mol. The van der Waals surface area contributed by atoms with Crippen LogP contribution >= 0.6 is 23.5 Å². The van der Waals surface area contributed by atoms with Gasteiger partial charge in [0, 0.05) is 14.7 Å². The lowest BCUT2D eigenvalue weighted by Gasteiger charge is -2.06. The van der Waals surface area contributed by atoms with Crippen LogP contribution in [0.15, 0.2) is 103 Å². The second-order valence-corrected chi connectivity index (χ2v) is 9.04. The third-order valence-corrected chi connectivity index (χ3v) is 7.03. The van der Waals surface area contributed by atoms with Crippen LogP contribution in [0, 0.1) is 0 Å². The summed E-state index contributed by atoms with van der Waals surface area (Å²) in [4.78, 5) is 4.00. The molecule has 0 saturated carbocycles. The van der Waals surface area contributed by atoms with Gasteiger partial charge < -0.3 is 0 Å². The Hall–Kier alpha value is -1.69. The molecule has 0 spiro atoms. The van der Waals surface area contributed by atoms with Gasteiger partial charge in [0.1, 0.15) is 0 Å². The van der Waals surface area contributed by atoms with Gasteiger partial charge >= 0.3 is 0 Å². The summed E-state index contributed by atoms with van der Waals surface area (Å²) in [5.41, 5.74) is 0. The van der Waals surface area contributed by atoms with Crippen LogP contribution in [0.4, 0.5) is 0 Å². The molecule has 0 atom stereocenters. The van der Waals surface area contributed by atoms with Crippen molar-refractivity contribution in [2.75, 3.05) is 6.26 Å². The Morgan fingerprint density at radius 1 is 0.625 bits per heavy atom. The molecule has 0 saturated heterocycles. The zero-order valence-corrected chi connectivity index (χ0v) is 15.5. The summed E-state index contributed by atoms with van der Waals surface area (Å²) in [5, 5.41) is 0. The van der Waals surface area contributed by atoms with Gasteiger partial charge in [-0.25, -0.2) is 8.42 Å². The van der Waals surface area contributed by atoms with Crippen molar-refractivity contribution in [2.24, 2.45) is 0 Å². The number of hydrogen-bond donors (Lipinski definition) is 0. The summed E-state index contributed by atoms with van der Waals surface area (Å²) < 4.78 is 25.1. The van der Waals surface area contributed by atoms with Crippen molar-refractivity contribution < 1.29 is 8.42 Å². The third-order valence-electron chi connectivity index (χ3n) is 3.48. The Balaban J connectivity index is 1.80. The smallest absolute Gasteiger partial charge is 0.206 e. The SMILES string of the molecule is CSc1ccc(Sc2ccc(S(=O)(=O)c3ccccc3)cc2)cc1. The van der Waals surface area contributed by atoms with Crippen molar-refractivity contribution in [3.8, 4) is 0 Å². The molecular weight excluding hydrogens is 356 g/mol. The standard InChI is InChI=1S/C19H16O2S3/c1-22-15-7-9-16(10-8-15)23-17-11-13-19(14-12-17)24(20,21)18-5-3-2-4-6-18/h2-14H,1H3. The van der Waals surface area contributed by atoms with Crippen molar-refractivity contribution in [1.29, 1.82) is 0 Å². The zero-order valence-electron chi connectivity index (χ0n) is 13.0. The molecule has 0 fully saturated rings. The average Bonchev–Trinajstić information content (AvgIpc) is 2.63. The van der Waals surface area contributed by atoms with Crippen LogP contribution in [0.3, 0.4) is 0 Å². The number of rotatable bonds is 5. The summed E-state index contributed by atoms with van der Waals surface area (Å²) in [6.07, 6.45) is 2.05. The second-order valence-electron chi connectivity index (χ2n) is 5.07. The summed E-state index contributed by atoms with van der Waals surface area (Å²) >= 11 is 3.33. The van der Waals surface area contributed by atoms with Crippen molar-refractivity contribution in [3.05, 3.63) is 78.9 Å². The molecule has 0 aliphatic rings. The Morgan fingerprint density at radius 2 is 1.08 bits per heavy atom. The molecule has 0 amide bonds. The lowest BCUT2D eigenvalue weighted by Crippen LogP contribution is -2.01. The highest BCUT2D eigenvalue weighted by Gasteiger charge is 2.16. The molecule has 0 bridgehead atoms. The Kier molecular flexibility index (Phi) is 5.33. The van der Waals surface area contributed by atoms with E-state index in [4.69, 9.17) is 0 Å². The van der Waals surface area contributed by atoms with Gasteiger partial charge in [0.15, 0.2) is 0 Å². The molecule has 0 N–H and O–H groups in total. The number of thioether (sulfide) groups is 1. The van der Waals surface area contributed by atoms with Crippen LogP contribution in [-0.4, -0.2) is 14.7 Å². The Bertz CT molecular complexity index is 901. The molecule has 3 rings (SSSR count). The number of hydrogen-bond acceptors (Lipinski definition) is 4.